The molecule has 1 aliphatic heterocycles. The van der Waals surface area contributed by atoms with Gasteiger partial charge in [-0.05, 0) is 32.9 Å². The van der Waals surface area contributed by atoms with Crippen LogP contribution in [0.4, 0.5) is 0 Å². The van der Waals surface area contributed by atoms with Crippen LogP contribution in [-0.2, 0) is 16.0 Å². The molecule has 1 aromatic carbocycles. The van der Waals surface area contributed by atoms with Crippen LogP contribution in [0.3, 0.4) is 0 Å². The van der Waals surface area contributed by atoms with Gasteiger partial charge in [-0.25, -0.2) is 4.98 Å². The molecule has 3 rings (SSSR count). The van der Waals surface area contributed by atoms with E-state index in [2.05, 4.69) is 9.97 Å². The third kappa shape index (κ3) is 4.07. The molecule has 7 nitrogen and oxygen atoms in total. The maximum absolute atomic E-state index is 12.7. The first kappa shape index (κ1) is 19.2. The Bertz CT molecular complexity index is 853. The highest BCUT2D eigenvalue weighted by atomic mass is 16.5. The Morgan fingerprint density at radius 1 is 1.41 bits per heavy atom. The fourth-order valence-electron chi connectivity index (χ4n) is 3.50. The summed E-state index contributed by atoms with van der Waals surface area (Å²) in [6, 6.07) is 5.70. The number of hydrogen-bond donors (Lipinski definition) is 1. The lowest BCUT2D eigenvalue weighted by atomic mass is 10.1. The van der Waals surface area contributed by atoms with Crippen LogP contribution in [-0.4, -0.2) is 64.4 Å². The highest BCUT2D eigenvalue weighted by Crippen LogP contribution is 2.27. The molecule has 1 aliphatic rings. The Hall–Kier alpha value is -2.57. The molecule has 1 N–H and O–H groups in total. The number of methoxy groups -OCH3 is 1. The summed E-state index contributed by atoms with van der Waals surface area (Å²) in [6.07, 6.45) is 0.924. The Labute approximate surface area is 159 Å². The van der Waals surface area contributed by atoms with Crippen molar-refractivity contribution >= 4 is 22.8 Å². The number of H-pyrrole nitrogens is 1. The van der Waals surface area contributed by atoms with E-state index < -0.39 is 0 Å². The molecule has 1 atom stereocenters. The van der Waals surface area contributed by atoms with Gasteiger partial charge in [-0.3, -0.25) is 9.59 Å². The molecule has 7 heteroatoms. The van der Waals surface area contributed by atoms with Crippen molar-refractivity contribution in [1.29, 1.82) is 0 Å². The van der Waals surface area contributed by atoms with E-state index in [4.69, 9.17) is 4.74 Å². The van der Waals surface area contributed by atoms with Gasteiger partial charge in [0.15, 0.2) is 0 Å². The first-order valence-corrected chi connectivity index (χ1v) is 9.27. The summed E-state index contributed by atoms with van der Waals surface area (Å²) in [5.41, 5.74) is 1.54. The second-order valence-electron chi connectivity index (χ2n) is 8.15. The minimum absolute atomic E-state index is 0.0212. The van der Waals surface area contributed by atoms with Crippen LogP contribution >= 0.6 is 0 Å². The third-order valence-corrected chi connectivity index (χ3v) is 5.08. The summed E-state index contributed by atoms with van der Waals surface area (Å²) in [7, 11) is 3.42. The molecule has 2 aromatic rings. The SMILES string of the molecule is COc1ccc2nc(CCN(C)C(=O)[C@@H]3CC(=O)N(C(C)(C)C)C3)[nH]c2c1. The minimum atomic E-state index is -0.262. The van der Waals surface area contributed by atoms with E-state index in [1.165, 1.54) is 0 Å². The number of amides is 2. The Morgan fingerprint density at radius 2 is 2.15 bits per heavy atom. The molecule has 1 fully saturated rings. The molecule has 0 radical (unpaired) electrons. The van der Waals surface area contributed by atoms with Crippen molar-refractivity contribution in [1.82, 2.24) is 19.8 Å². The van der Waals surface area contributed by atoms with Gasteiger partial charge in [0.25, 0.3) is 0 Å². The van der Waals surface area contributed by atoms with E-state index in [9.17, 15) is 9.59 Å². The number of likely N-dealkylation sites (tertiary alicyclic amines) is 1. The molecule has 0 spiro atoms. The van der Waals surface area contributed by atoms with Crippen molar-refractivity contribution in [3.63, 3.8) is 0 Å². The summed E-state index contributed by atoms with van der Waals surface area (Å²) in [4.78, 5) is 36.3. The predicted molar refractivity (Wildman–Crippen MR) is 104 cm³/mol. The number of carbonyl (C=O) groups is 2. The lowest BCUT2D eigenvalue weighted by Crippen LogP contribution is -2.43. The number of aromatic nitrogens is 2. The number of carbonyl (C=O) groups excluding carboxylic acids is 2. The molecule has 1 saturated heterocycles. The van der Waals surface area contributed by atoms with Crippen molar-refractivity contribution in [3.8, 4) is 5.75 Å². The summed E-state index contributed by atoms with van der Waals surface area (Å²) >= 11 is 0. The standard InChI is InChI=1S/C20H28N4O3/c1-20(2,3)24-12-13(10-18(24)25)19(26)23(4)9-8-17-21-15-7-6-14(27-5)11-16(15)22-17/h6-7,11,13H,8-10,12H2,1-5H3,(H,21,22)/t13-/m1/s1. The van der Waals surface area contributed by atoms with Crippen LogP contribution in [0.25, 0.3) is 11.0 Å². The van der Waals surface area contributed by atoms with Crippen molar-refractivity contribution in [3.05, 3.63) is 24.0 Å². The van der Waals surface area contributed by atoms with E-state index in [1.54, 1.807) is 24.0 Å². The summed E-state index contributed by atoms with van der Waals surface area (Å²) in [6.45, 7) is 7.04. The number of likely N-dealkylation sites (N-methyl/N-ethyl adjacent to an activating group) is 1. The second kappa shape index (κ2) is 7.21. The highest BCUT2D eigenvalue weighted by molar-refractivity contribution is 5.89. The topological polar surface area (TPSA) is 78.5 Å². The van der Waals surface area contributed by atoms with Crippen LogP contribution in [0.5, 0.6) is 5.75 Å². The van der Waals surface area contributed by atoms with Crippen molar-refractivity contribution < 1.29 is 14.3 Å². The first-order valence-electron chi connectivity index (χ1n) is 9.27. The average molecular weight is 372 g/mol. The summed E-state index contributed by atoms with van der Waals surface area (Å²) < 4.78 is 5.23. The van der Waals surface area contributed by atoms with E-state index in [0.717, 1.165) is 22.6 Å². The van der Waals surface area contributed by atoms with Gasteiger partial charge in [0.05, 0.1) is 24.1 Å². The van der Waals surface area contributed by atoms with E-state index >= 15 is 0 Å². The number of fused-ring (bicyclic) bond motifs is 1. The lowest BCUT2D eigenvalue weighted by Gasteiger charge is -2.32. The van der Waals surface area contributed by atoms with Gasteiger partial charge in [0.2, 0.25) is 11.8 Å². The molecule has 0 unspecified atom stereocenters. The Kier molecular flexibility index (Phi) is 5.13. The minimum Gasteiger partial charge on any atom is -0.497 e. The zero-order valence-corrected chi connectivity index (χ0v) is 16.7. The molecular formula is C20H28N4O3. The largest absolute Gasteiger partial charge is 0.497 e. The quantitative estimate of drug-likeness (QED) is 0.873. The number of benzene rings is 1. The molecule has 0 saturated carbocycles. The molecule has 2 heterocycles. The zero-order valence-electron chi connectivity index (χ0n) is 16.7. The van der Waals surface area contributed by atoms with E-state index in [-0.39, 0.29) is 23.3 Å². The van der Waals surface area contributed by atoms with Gasteiger partial charge in [-0.15, -0.1) is 0 Å². The third-order valence-electron chi connectivity index (χ3n) is 5.08. The van der Waals surface area contributed by atoms with Crippen molar-refractivity contribution in [2.24, 2.45) is 5.92 Å². The fourth-order valence-corrected chi connectivity index (χ4v) is 3.50. The van der Waals surface area contributed by atoms with Crippen LogP contribution in [0, 0.1) is 5.92 Å². The smallest absolute Gasteiger partial charge is 0.227 e. The number of hydrogen-bond acceptors (Lipinski definition) is 4. The molecule has 0 bridgehead atoms. The summed E-state index contributed by atoms with van der Waals surface area (Å²) in [5, 5.41) is 0. The number of nitrogens with one attached hydrogen (secondary N) is 1. The predicted octanol–water partition coefficient (Wildman–Crippen LogP) is 2.22. The number of imidazole rings is 1. The second-order valence-corrected chi connectivity index (χ2v) is 8.15. The van der Waals surface area contributed by atoms with Gasteiger partial charge < -0.3 is 19.5 Å². The number of ether oxygens (including phenoxy) is 1. The summed E-state index contributed by atoms with van der Waals surface area (Å²) in [5.74, 6) is 1.42. The van der Waals surface area contributed by atoms with Crippen LogP contribution in [0.2, 0.25) is 0 Å². The fraction of sp³-hybridized carbons (Fsp3) is 0.550. The average Bonchev–Trinajstić information content (AvgIpc) is 3.20. The van der Waals surface area contributed by atoms with Crippen LogP contribution in [0.1, 0.15) is 33.0 Å². The van der Waals surface area contributed by atoms with Crippen molar-refractivity contribution in [2.45, 2.75) is 39.2 Å². The monoisotopic (exact) mass is 372 g/mol. The maximum Gasteiger partial charge on any atom is 0.227 e. The van der Waals surface area contributed by atoms with Crippen LogP contribution in [0.15, 0.2) is 18.2 Å². The van der Waals surface area contributed by atoms with Crippen LogP contribution < -0.4 is 4.74 Å². The molecule has 1 aromatic heterocycles. The van der Waals surface area contributed by atoms with E-state index in [1.807, 2.05) is 39.0 Å². The molecule has 27 heavy (non-hydrogen) atoms. The molecule has 2 amide bonds. The molecule has 146 valence electrons. The van der Waals surface area contributed by atoms with Gasteiger partial charge >= 0.3 is 0 Å². The highest BCUT2D eigenvalue weighted by Gasteiger charge is 2.40. The van der Waals surface area contributed by atoms with Gasteiger partial charge in [0.1, 0.15) is 11.6 Å². The normalized spacial score (nSPS) is 17.6. The maximum atomic E-state index is 12.7. The number of rotatable bonds is 5. The van der Waals surface area contributed by atoms with Gasteiger partial charge in [-0.2, -0.15) is 0 Å². The number of aromatic amines is 1. The van der Waals surface area contributed by atoms with Gasteiger partial charge in [-0.1, -0.05) is 0 Å². The van der Waals surface area contributed by atoms with E-state index in [0.29, 0.717) is 25.9 Å². The van der Waals surface area contributed by atoms with Crippen molar-refractivity contribution in [2.75, 3.05) is 27.2 Å². The molecule has 0 aliphatic carbocycles. The Balaban J connectivity index is 1.60. The first-order chi connectivity index (χ1) is 12.7. The zero-order chi connectivity index (χ0) is 19.8. The van der Waals surface area contributed by atoms with Gasteiger partial charge in [0, 0.05) is 44.6 Å². The number of nitrogens with zero attached hydrogens (tertiary/aromatic N) is 3. The lowest BCUT2D eigenvalue weighted by molar-refractivity contribution is -0.134. The Morgan fingerprint density at radius 3 is 2.78 bits per heavy atom. The molecular weight excluding hydrogens is 344 g/mol.